The van der Waals surface area contributed by atoms with Crippen molar-refractivity contribution in [3.8, 4) is 0 Å². The van der Waals surface area contributed by atoms with E-state index in [2.05, 4.69) is 21.4 Å². The molecule has 5 heteroatoms. The first-order valence-electron chi connectivity index (χ1n) is 2.13. The molecular formula is C4H5N4U-. The summed E-state index contributed by atoms with van der Waals surface area (Å²) < 4.78 is 1.40. The van der Waals surface area contributed by atoms with Crippen molar-refractivity contribution in [2.24, 2.45) is 4.99 Å². The van der Waals surface area contributed by atoms with Gasteiger partial charge in [0.2, 0.25) is 0 Å². The zero-order chi connectivity index (χ0) is 5.82. The SMILES string of the molecule is CN=[C-]n1cncn1.[U]. The van der Waals surface area contributed by atoms with Crippen LogP contribution in [0.2, 0.25) is 0 Å². The predicted octanol–water partition coefficient (Wildman–Crippen LogP) is -0.339. The fraction of sp³-hybridized carbons (Fsp3) is 0.250. The maximum atomic E-state index is 3.71. The van der Waals surface area contributed by atoms with Crippen molar-refractivity contribution in [3.63, 3.8) is 0 Å². The standard InChI is InChI=1S/C4H5N4.U/c1-5-3-8-4-6-2-7-8;/h2,4H,1H3;/q-1;. The summed E-state index contributed by atoms with van der Waals surface area (Å²) in [7, 11) is 1.63. The molecule has 0 N–H and O–H groups in total. The Morgan fingerprint density at radius 1 is 1.67 bits per heavy atom. The molecule has 9 heavy (non-hydrogen) atoms. The molecule has 0 saturated carbocycles. The van der Waals surface area contributed by atoms with Gasteiger partial charge in [0, 0.05) is 38.2 Å². The normalized spacial score (nSPS) is 9.44. The average molecular weight is 347 g/mol. The van der Waals surface area contributed by atoms with Crippen LogP contribution in [-0.4, -0.2) is 28.2 Å². The number of rotatable bonds is 1. The smallest absolute Gasteiger partial charge is 0.115 e. The van der Waals surface area contributed by atoms with Crippen LogP contribution >= 0.6 is 0 Å². The first kappa shape index (κ1) is 8.86. The second-order valence-electron chi connectivity index (χ2n) is 1.16. The molecule has 0 aromatic carbocycles. The van der Waals surface area contributed by atoms with Crippen molar-refractivity contribution < 1.29 is 31.1 Å². The molecule has 1 heterocycles. The maximum absolute atomic E-state index is 3.71. The van der Waals surface area contributed by atoms with Crippen molar-refractivity contribution in [1.82, 2.24) is 14.8 Å². The topological polar surface area (TPSA) is 43.1 Å². The molecule has 1 aromatic heterocycles. The third-order valence-electron chi connectivity index (χ3n) is 0.621. The van der Waals surface area contributed by atoms with Gasteiger partial charge in [-0.25, -0.2) is 0 Å². The van der Waals surface area contributed by atoms with Gasteiger partial charge in [0.05, 0.1) is 0 Å². The third kappa shape index (κ3) is 2.78. The molecule has 1 rings (SSSR count). The summed E-state index contributed by atoms with van der Waals surface area (Å²) in [5.74, 6) is 0. The van der Waals surface area contributed by atoms with Crippen molar-refractivity contribution >= 4 is 6.34 Å². The summed E-state index contributed by atoms with van der Waals surface area (Å²) in [5.41, 5.74) is 0. The van der Waals surface area contributed by atoms with E-state index in [1.807, 2.05) is 0 Å². The number of hydrogen-bond acceptors (Lipinski definition) is 3. The Hall–Kier alpha value is -0.138. The molecule has 0 spiro atoms. The molecule has 4 nitrogen and oxygen atoms in total. The second-order valence-corrected chi connectivity index (χ2v) is 1.16. The van der Waals surface area contributed by atoms with Crippen molar-refractivity contribution in [2.45, 2.75) is 0 Å². The Bertz CT molecular complexity index is 169. The van der Waals surface area contributed by atoms with Gasteiger partial charge in [-0.15, -0.1) is 0 Å². The van der Waals surface area contributed by atoms with Gasteiger partial charge in [0.1, 0.15) is 6.33 Å². The van der Waals surface area contributed by atoms with E-state index in [9.17, 15) is 0 Å². The zero-order valence-corrected chi connectivity index (χ0v) is 9.11. The van der Waals surface area contributed by atoms with Crippen LogP contribution in [0.15, 0.2) is 17.6 Å². The first-order valence-corrected chi connectivity index (χ1v) is 2.13. The summed E-state index contributed by atoms with van der Waals surface area (Å²) in [6, 6.07) is 0. The monoisotopic (exact) mass is 347 g/mol. The van der Waals surface area contributed by atoms with E-state index in [-0.39, 0.29) is 31.1 Å². The third-order valence-corrected chi connectivity index (χ3v) is 0.621. The van der Waals surface area contributed by atoms with Crippen LogP contribution in [0.1, 0.15) is 0 Å². The number of aromatic nitrogens is 3. The molecule has 0 saturated heterocycles. The van der Waals surface area contributed by atoms with E-state index >= 15 is 0 Å². The summed E-state index contributed by atoms with van der Waals surface area (Å²) in [6.45, 7) is 0. The van der Waals surface area contributed by atoms with Crippen molar-refractivity contribution in [1.29, 1.82) is 0 Å². The van der Waals surface area contributed by atoms with Gasteiger partial charge in [0.25, 0.3) is 0 Å². The number of hydrogen-bond donors (Lipinski definition) is 0. The van der Waals surface area contributed by atoms with E-state index in [1.54, 1.807) is 7.05 Å². The van der Waals surface area contributed by atoms with E-state index in [0.717, 1.165) is 0 Å². The van der Waals surface area contributed by atoms with Crippen LogP contribution in [0, 0.1) is 31.1 Å². The quantitative estimate of drug-likeness (QED) is 0.396. The molecule has 0 atom stereocenters. The first-order chi connectivity index (χ1) is 3.93. The second kappa shape index (κ2) is 4.71. The Morgan fingerprint density at radius 2 is 2.44 bits per heavy atom. The summed E-state index contributed by atoms with van der Waals surface area (Å²) >= 11 is 0. The van der Waals surface area contributed by atoms with Gasteiger partial charge in [-0.05, 0) is 12.7 Å². The fourth-order valence-electron chi connectivity index (χ4n) is 0.362. The van der Waals surface area contributed by atoms with Gasteiger partial charge in [-0.2, -0.15) is 5.10 Å². The van der Waals surface area contributed by atoms with Crippen LogP contribution in [0.4, 0.5) is 0 Å². The fourth-order valence-corrected chi connectivity index (χ4v) is 0.362. The molecule has 46 valence electrons. The zero-order valence-electron chi connectivity index (χ0n) is 4.94. The van der Waals surface area contributed by atoms with Crippen LogP contribution in [0.25, 0.3) is 0 Å². The molecule has 0 unspecified atom stereocenters. The van der Waals surface area contributed by atoms with Gasteiger partial charge in [0.15, 0.2) is 0 Å². The molecule has 0 amide bonds. The minimum absolute atomic E-state index is 0. The Kier molecular flexibility index (Phi) is 4.64. The van der Waals surface area contributed by atoms with E-state index in [1.165, 1.54) is 17.3 Å². The number of aliphatic imine (C=N–C) groups is 1. The van der Waals surface area contributed by atoms with Gasteiger partial charge < -0.3 is 14.7 Å². The van der Waals surface area contributed by atoms with Gasteiger partial charge in [-0.3, -0.25) is 0 Å². The van der Waals surface area contributed by atoms with E-state index < -0.39 is 0 Å². The molecular weight excluding hydrogens is 342 g/mol. The Balaban J connectivity index is 0.000000640. The minimum atomic E-state index is 0. The number of nitrogens with zero attached hydrogens (tertiary/aromatic N) is 4. The average Bonchev–Trinajstić information content (AvgIpc) is 2.19. The Labute approximate surface area is 76.8 Å². The van der Waals surface area contributed by atoms with E-state index in [0.29, 0.717) is 0 Å². The van der Waals surface area contributed by atoms with Crippen molar-refractivity contribution in [2.75, 3.05) is 7.05 Å². The van der Waals surface area contributed by atoms with E-state index in [4.69, 9.17) is 0 Å². The van der Waals surface area contributed by atoms with Gasteiger partial charge >= 0.3 is 0 Å². The Morgan fingerprint density at radius 3 is 2.89 bits per heavy atom. The molecule has 0 bridgehead atoms. The molecule has 0 radical (unpaired) electrons. The van der Waals surface area contributed by atoms with Crippen LogP contribution in [-0.2, 0) is 0 Å². The summed E-state index contributed by atoms with van der Waals surface area (Å²) in [5, 5.41) is 3.71. The molecule has 0 aliphatic rings. The van der Waals surface area contributed by atoms with Crippen LogP contribution in [0.3, 0.4) is 0 Å². The minimum Gasteiger partial charge on any atom is -0.379 e. The summed E-state index contributed by atoms with van der Waals surface area (Å²) in [4.78, 5) is 7.26. The molecule has 0 aliphatic carbocycles. The van der Waals surface area contributed by atoms with Crippen LogP contribution in [0.5, 0.6) is 0 Å². The van der Waals surface area contributed by atoms with Crippen molar-refractivity contribution in [3.05, 3.63) is 12.7 Å². The molecule has 0 aliphatic heterocycles. The van der Waals surface area contributed by atoms with Gasteiger partial charge in [-0.1, -0.05) is 0 Å². The summed E-state index contributed by atoms with van der Waals surface area (Å²) in [6.07, 6.45) is 5.51. The van der Waals surface area contributed by atoms with Crippen LogP contribution < -0.4 is 0 Å². The molecule has 0 fully saturated rings. The maximum Gasteiger partial charge on any atom is 0.115 e. The largest absolute Gasteiger partial charge is 0.379 e. The molecule has 1 aromatic rings. The predicted molar refractivity (Wildman–Crippen MR) is 28.8 cm³/mol.